The van der Waals surface area contributed by atoms with Gasteiger partial charge in [-0.05, 0) is 257 Å². The number of para-hydroxylation sites is 17. The Kier molecular flexibility index (Phi) is 22.9. The second-order valence-corrected chi connectivity index (χ2v) is 39.8. The molecule has 13 nitrogen and oxygen atoms in total. The summed E-state index contributed by atoms with van der Waals surface area (Å²) in [6.07, 6.45) is 0. The highest BCUT2D eigenvalue weighted by Gasteiger charge is 2.35. The highest BCUT2D eigenvalue weighted by Crippen LogP contribution is 2.49. The molecule has 144 heavy (non-hydrogen) atoms. The molecular weight excluding hydrogens is 1800 g/mol. The third-order valence-corrected chi connectivity index (χ3v) is 30.2. The predicted molar refractivity (Wildman–Crippen MR) is 605 cm³/mol. The Morgan fingerprint density at radius 3 is 1.33 bits per heavy atom. The van der Waals surface area contributed by atoms with E-state index in [1.165, 1.54) is 175 Å². The Labute approximate surface area is 839 Å². The zero-order valence-electron chi connectivity index (χ0n) is 81.5. The minimum absolute atomic E-state index is 0.152. The van der Waals surface area contributed by atoms with E-state index in [-0.39, 0.29) is 5.41 Å². The third-order valence-electron chi connectivity index (χ3n) is 28.0. The van der Waals surface area contributed by atoms with Gasteiger partial charge in [-0.15, -0.1) is 0 Å². The van der Waals surface area contributed by atoms with E-state index in [4.69, 9.17) is 13.8 Å². The third kappa shape index (κ3) is 15.7. The van der Waals surface area contributed by atoms with Gasteiger partial charge in [-0.3, -0.25) is 17.6 Å². The summed E-state index contributed by atoms with van der Waals surface area (Å²) < 4.78 is 29.9. The van der Waals surface area contributed by atoms with Gasteiger partial charge < -0.3 is 22.5 Å². The number of thiazole rings is 2. The van der Waals surface area contributed by atoms with Crippen molar-refractivity contribution in [2.24, 2.45) is 0 Å². The van der Waals surface area contributed by atoms with Gasteiger partial charge in [0.1, 0.15) is 0 Å². The fraction of sp³-hybridized carbons (Fsp3) is 0.0853. The van der Waals surface area contributed by atoms with E-state index in [1.54, 1.807) is 22.7 Å². The van der Waals surface area contributed by atoms with Gasteiger partial charge in [0.05, 0.1) is 109 Å². The minimum atomic E-state index is 0.152. The Morgan fingerprint density at radius 2 is 0.667 bits per heavy atom. The molecule has 0 spiro atoms. The van der Waals surface area contributed by atoms with E-state index in [1.807, 2.05) is 67.6 Å². The van der Waals surface area contributed by atoms with Gasteiger partial charge in [0.15, 0.2) is 21.1 Å². The molecule has 0 radical (unpaired) electrons. The van der Waals surface area contributed by atoms with Crippen molar-refractivity contribution < 1.29 is 8.83 Å². The lowest BCUT2D eigenvalue weighted by Crippen LogP contribution is -2.14. The molecular formula is C129H101N11O2S2. The van der Waals surface area contributed by atoms with Crippen LogP contribution in [-0.4, -0.2) is 51.2 Å². The van der Waals surface area contributed by atoms with E-state index in [0.717, 1.165) is 70.8 Å². The number of hydrogen-bond donors (Lipinski definition) is 0. The van der Waals surface area contributed by atoms with Crippen LogP contribution in [0.3, 0.4) is 0 Å². The molecule has 0 saturated carbocycles. The van der Waals surface area contributed by atoms with Crippen LogP contribution in [0.15, 0.2) is 440 Å². The highest BCUT2D eigenvalue weighted by molar-refractivity contribution is 7.24. The van der Waals surface area contributed by atoms with Gasteiger partial charge in [-0.25, -0.2) is 9.97 Å². The monoisotopic (exact) mass is 1900 g/mol. The maximum Gasteiger partial charge on any atom is 0.307 e. The van der Waals surface area contributed by atoms with Crippen molar-refractivity contribution >= 4 is 196 Å². The number of nitrogens with zero attached hydrogens (tertiary/aromatic N) is 11. The summed E-state index contributed by atoms with van der Waals surface area (Å²) in [6, 6.07) is 151. The van der Waals surface area contributed by atoms with Crippen molar-refractivity contribution in [3.8, 4) is 28.2 Å². The van der Waals surface area contributed by atoms with Crippen LogP contribution < -0.4 is 0 Å². The first-order valence-corrected chi connectivity index (χ1v) is 50.5. The van der Waals surface area contributed by atoms with Gasteiger partial charge in [0.25, 0.3) is 0 Å². The Hall–Kier alpha value is -17.5. The summed E-state index contributed by atoms with van der Waals surface area (Å²) in [7, 11) is 0. The lowest BCUT2D eigenvalue weighted by molar-refractivity contribution is 0.640. The molecule has 0 amide bonds. The van der Waals surface area contributed by atoms with E-state index in [0.29, 0.717) is 11.7 Å². The molecule has 0 unspecified atom stereocenters. The summed E-state index contributed by atoms with van der Waals surface area (Å²) in [6.45, 7) is 21.6. The summed E-state index contributed by atoms with van der Waals surface area (Å²) >= 11 is 3.51. The second-order valence-electron chi connectivity index (χ2n) is 37.8. The smallest absolute Gasteiger partial charge is 0.307 e. The van der Waals surface area contributed by atoms with Crippen molar-refractivity contribution in [2.45, 2.75) is 74.7 Å². The molecule has 31 rings (SSSR count). The van der Waals surface area contributed by atoms with Crippen LogP contribution in [0.25, 0.3) is 202 Å². The zero-order chi connectivity index (χ0) is 97.5. The summed E-state index contributed by atoms with van der Waals surface area (Å²) in [5.74, 6) is 1.33. The average molecular weight is 1900 g/mol. The fourth-order valence-electron chi connectivity index (χ4n) is 21.1. The SMILES string of the molecule is Cc1ccc2c(c1)-c1ccccc1C2(C)C.Cc1ccc2c(c1)c1ccccc1n2-c1ccccc1.Cc1cccc(-n2c3ccccc3c3ccccc32)c1.Cc1cccc2c1nc1oc3ccccc3n12.Cc1cccc2c1nc1sc3ccccc3n12.Cc1cccc2c1oc1nc3ccccc3n12.Cc1cccc2c1sc1nc3ccccc3n12.Cc1ccccc1-n1c2ccccc2c2ccccc21. The molecule has 1 aliphatic rings. The topological polar surface area (TPSA) is 110 Å². The number of imidazole rings is 4. The summed E-state index contributed by atoms with van der Waals surface area (Å²) in [5, 5.41) is 7.88. The van der Waals surface area contributed by atoms with E-state index in [9.17, 15) is 0 Å². The maximum absolute atomic E-state index is 5.82. The first-order chi connectivity index (χ1) is 70.5. The van der Waals surface area contributed by atoms with E-state index < -0.39 is 0 Å². The molecule has 696 valence electrons. The molecule has 0 saturated heterocycles. The van der Waals surface area contributed by atoms with Crippen LogP contribution in [0.1, 0.15) is 69.5 Å². The largest absolute Gasteiger partial charge is 0.423 e. The molecule has 1 aliphatic carbocycles. The van der Waals surface area contributed by atoms with Crippen molar-refractivity contribution in [3.05, 3.63) is 486 Å². The lowest BCUT2D eigenvalue weighted by Gasteiger charge is -2.21. The molecule has 0 atom stereocenters. The Morgan fingerprint density at radius 1 is 0.243 bits per heavy atom. The quantitative estimate of drug-likeness (QED) is 0.174. The normalized spacial score (nSPS) is 12.0. The van der Waals surface area contributed by atoms with Crippen molar-refractivity contribution in [2.75, 3.05) is 0 Å². The summed E-state index contributed by atoms with van der Waals surface area (Å²) in [5.41, 5.74) is 42.5. The first-order valence-electron chi connectivity index (χ1n) is 48.9. The standard InChI is InChI=1S/3C19H15N.C16H16.2C14H10N2O.2C14H10N2S/c1-14-8-2-5-11-17(14)20-18-12-6-3-9-15(18)16-10-4-7-13-19(16)20;1-14-7-6-8-15(13-14)20-18-11-4-2-9-16(18)17-10-3-5-12-19(17)20;1-14-11-12-19-17(13-14)16-9-5-6-10-18(16)20(19)15-7-3-2-4-8-15;1-11-8-9-15-13(10-11)12-6-4-5-7-14(12)16(15,2)3;1-9-5-4-7-11-13(9)15-14-16(11)10-6-2-3-8-12(10)17-14;1-9-5-4-8-12-13(9)17-14-15-10-6-2-3-7-11(10)16(12)14;1-9-5-4-7-11-13(9)15-14-16(11)10-6-2-3-8-12(10)17-14;1-9-5-4-8-12-13(9)17-14-15-10-6-2-3-7-11(10)16(12)14/h3*2-13H,1H3;4-10H,1-3H3;4*2-8H,1H3. The van der Waals surface area contributed by atoms with Crippen LogP contribution in [0.5, 0.6) is 0 Å². The number of benzene rings is 19. The minimum Gasteiger partial charge on any atom is -0.423 e. The molecule has 11 aromatic heterocycles. The number of oxazole rings is 2. The molecule has 19 aromatic carbocycles. The first kappa shape index (κ1) is 89.1. The molecule has 15 heteroatoms. The average Bonchev–Trinajstić information content (AvgIpc) is 1.59. The molecule has 0 N–H and O–H groups in total. The van der Waals surface area contributed by atoms with Crippen LogP contribution >= 0.6 is 22.7 Å². The van der Waals surface area contributed by atoms with Crippen molar-refractivity contribution in [1.82, 2.24) is 51.2 Å². The molecule has 0 fully saturated rings. The maximum atomic E-state index is 5.82. The van der Waals surface area contributed by atoms with Gasteiger partial charge in [0, 0.05) is 54.8 Å². The van der Waals surface area contributed by atoms with Gasteiger partial charge in [-0.1, -0.05) is 333 Å². The number of aromatic nitrogens is 11. The van der Waals surface area contributed by atoms with Gasteiger partial charge in [-0.2, -0.15) is 9.97 Å². The Bertz CT molecular complexity index is 9490. The van der Waals surface area contributed by atoms with E-state index >= 15 is 0 Å². The van der Waals surface area contributed by atoms with Crippen molar-refractivity contribution in [1.29, 1.82) is 0 Å². The van der Waals surface area contributed by atoms with Crippen LogP contribution in [-0.2, 0) is 5.41 Å². The number of hydrogen-bond acceptors (Lipinski definition) is 8. The number of rotatable bonds is 3. The summed E-state index contributed by atoms with van der Waals surface area (Å²) in [4.78, 5) is 20.6. The van der Waals surface area contributed by atoms with Crippen molar-refractivity contribution in [3.63, 3.8) is 0 Å². The molecule has 30 aromatic rings. The van der Waals surface area contributed by atoms with Gasteiger partial charge in [0.2, 0.25) is 0 Å². The highest BCUT2D eigenvalue weighted by atomic mass is 32.1. The second kappa shape index (κ2) is 36.9. The lowest BCUT2D eigenvalue weighted by atomic mass is 9.82. The molecule has 0 aliphatic heterocycles. The van der Waals surface area contributed by atoms with E-state index in [2.05, 4.69) is 479 Å². The number of aryl methyl sites for hydroxylation is 8. The Balaban J connectivity index is 0.0000000886. The van der Waals surface area contributed by atoms with Crippen LogP contribution in [0.2, 0.25) is 0 Å². The predicted octanol–water partition coefficient (Wildman–Crippen LogP) is 34.7. The fourth-order valence-corrected chi connectivity index (χ4v) is 23.3. The molecule has 11 heterocycles. The van der Waals surface area contributed by atoms with Crippen LogP contribution in [0.4, 0.5) is 0 Å². The zero-order valence-corrected chi connectivity index (χ0v) is 83.2. The molecule has 0 bridgehead atoms. The van der Waals surface area contributed by atoms with Crippen LogP contribution in [0, 0.1) is 55.4 Å². The number of fused-ring (bicyclic) bond motifs is 32. The van der Waals surface area contributed by atoms with Gasteiger partial charge >= 0.3 is 11.7 Å².